The van der Waals surface area contributed by atoms with Gasteiger partial charge in [0.15, 0.2) is 0 Å². The van der Waals surface area contributed by atoms with Gasteiger partial charge in [-0.05, 0) is 0 Å². The average molecular weight is 98.0 g/mol. The minimum Gasteiger partial charge on any atom is -0.249 e. The van der Waals surface area contributed by atoms with Crippen molar-refractivity contribution in [2.24, 2.45) is 0 Å². The van der Waals surface area contributed by atoms with Gasteiger partial charge in [-0.2, -0.15) is 4.89 Å². The van der Waals surface area contributed by atoms with E-state index in [1.54, 1.807) is 0 Å². The van der Waals surface area contributed by atoms with Gasteiger partial charge in [0.05, 0.1) is 0 Å². The molecule has 0 saturated heterocycles. The first-order valence-electron chi connectivity index (χ1n) is 1.31. The zero-order valence-corrected chi connectivity index (χ0v) is 2.90. The van der Waals surface area contributed by atoms with Crippen LogP contribution in [-0.2, 0) is 4.89 Å². The van der Waals surface area contributed by atoms with Crippen LogP contribution in [0.4, 0.5) is 8.78 Å². The first kappa shape index (κ1) is 5.78. The van der Waals surface area contributed by atoms with Crippen LogP contribution in [0.25, 0.3) is 0 Å². The van der Waals surface area contributed by atoms with Crippen LogP contribution in [0.3, 0.4) is 0 Å². The fourth-order valence-electron chi connectivity index (χ4n) is 0.0282. The van der Waals surface area contributed by atoms with Crippen molar-refractivity contribution in [1.29, 1.82) is 0 Å². The molecule has 6 heavy (non-hydrogen) atoms. The summed E-state index contributed by atoms with van der Waals surface area (Å²) in [7, 11) is 0. The van der Waals surface area contributed by atoms with E-state index >= 15 is 0 Å². The van der Waals surface area contributed by atoms with Crippen LogP contribution in [0.5, 0.6) is 0 Å². The molecule has 0 aromatic carbocycles. The van der Waals surface area contributed by atoms with Gasteiger partial charge in [0.25, 0.3) is 6.36 Å². The van der Waals surface area contributed by atoms with Gasteiger partial charge in [0.2, 0.25) is 0 Å². The summed E-state index contributed by atoms with van der Waals surface area (Å²) in [4.78, 5) is 2.86. The maximum absolute atomic E-state index is 11.0. The zero-order chi connectivity index (χ0) is 4.99. The highest BCUT2D eigenvalue weighted by Crippen LogP contribution is 1.88. The Labute approximate surface area is 33.3 Å². The Hall–Kier alpha value is -0.220. The Kier molecular flexibility index (Phi) is 2.88. The third kappa shape index (κ3) is 2.04. The number of hydrogen-bond acceptors (Lipinski definition) is 2. The minimum atomic E-state index is -2.18. The van der Waals surface area contributed by atoms with Gasteiger partial charge in [-0.3, -0.25) is 0 Å². The molecule has 0 spiro atoms. The number of alkyl halides is 2. The van der Waals surface area contributed by atoms with Gasteiger partial charge in [-0.15, -0.1) is 0 Å². The molecule has 0 fully saturated rings. The highest BCUT2D eigenvalue weighted by atomic mass is 19.2. The summed E-state index contributed by atoms with van der Waals surface area (Å²) in [6.45, 7) is -1.31. The standard InChI is InChI=1S/C2H4F2O2/c3-1-2(4)6-5/h2,5H,1H2. The van der Waals surface area contributed by atoms with Gasteiger partial charge >= 0.3 is 0 Å². The molecule has 0 bridgehead atoms. The lowest BCUT2D eigenvalue weighted by Crippen LogP contribution is -2.03. The Morgan fingerprint density at radius 3 is 2.33 bits per heavy atom. The molecule has 0 aliphatic rings. The Morgan fingerprint density at radius 2 is 2.33 bits per heavy atom. The first-order valence-corrected chi connectivity index (χ1v) is 1.31. The monoisotopic (exact) mass is 98.0 g/mol. The molecular weight excluding hydrogens is 94.0 g/mol. The minimum absolute atomic E-state index is 1.31. The molecule has 0 saturated carbocycles. The molecule has 1 unspecified atom stereocenters. The largest absolute Gasteiger partial charge is 0.259 e. The van der Waals surface area contributed by atoms with Crippen LogP contribution < -0.4 is 0 Å². The second-order valence-electron chi connectivity index (χ2n) is 0.670. The number of halogens is 2. The molecule has 38 valence electrons. The fraction of sp³-hybridized carbons (Fsp3) is 1.00. The fourth-order valence-corrected chi connectivity index (χ4v) is 0.0282. The van der Waals surface area contributed by atoms with E-state index < -0.39 is 13.0 Å². The van der Waals surface area contributed by atoms with Gasteiger partial charge in [0, 0.05) is 0 Å². The van der Waals surface area contributed by atoms with Crippen molar-refractivity contribution < 1.29 is 18.9 Å². The predicted octanol–water partition coefficient (Wildman–Crippen LogP) is 0.741. The molecule has 0 aliphatic heterocycles. The maximum Gasteiger partial charge on any atom is 0.259 e. The molecule has 0 aliphatic carbocycles. The molecule has 0 amide bonds. The van der Waals surface area contributed by atoms with E-state index in [0.29, 0.717) is 0 Å². The van der Waals surface area contributed by atoms with Crippen molar-refractivity contribution in [2.45, 2.75) is 6.36 Å². The van der Waals surface area contributed by atoms with Crippen molar-refractivity contribution in [3.8, 4) is 0 Å². The maximum atomic E-state index is 11.0. The molecule has 1 atom stereocenters. The smallest absolute Gasteiger partial charge is 0.249 e. The molecule has 0 rings (SSSR count). The van der Waals surface area contributed by atoms with Crippen LogP contribution in [0, 0.1) is 0 Å². The van der Waals surface area contributed by atoms with E-state index in [1.165, 1.54) is 0 Å². The van der Waals surface area contributed by atoms with Crippen LogP contribution >= 0.6 is 0 Å². The van der Waals surface area contributed by atoms with E-state index in [-0.39, 0.29) is 0 Å². The van der Waals surface area contributed by atoms with Crippen LogP contribution in [0.15, 0.2) is 0 Å². The number of hydrogen-bond donors (Lipinski definition) is 1. The topological polar surface area (TPSA) is 29.5 Å². The van der Waals surface area contributed by atoms with Crippen molar-refractivity contribution in [3.05, 3.63) is 0 Å². The molecule has 0 heterocycles. The Bertz CT molecular complexity index is 28.7. The van der Waals surface area contributed by atoms with Crippen molar-refractivity contribution in [2.75, 3.05) is 6.67 Å². The summed E-state index contributed by atoms with van der Waals surface area (Å²) >= 11 is 0. The van der Waals surface area contributed by atoms with Gasteiger partial charge in [0.1, 0.15) is 6.67 Å². The second-order valence-corrected chi connectivity index (χ2v) is 0.670. The Balaban J connectivity index is 2.75. The van der Waals surface area contributed by atoms with E-state index in [9.17, 15) is 8.78 Å². The van der Waals surface area contributed by atoms with Crippen molar-refractivity contribution in [3.63, 3.8) is 0 Å². The SMILES string of the molecule is OOC(F)CF. The van der Waals surface area contributed by atoms with E-state index in [1.807, 2.05) is 0 Å². The van der Waals surface area contributed by atoms with Gasteiger partial charge in [-0.1, -0.05) is 0 Å². The highest BCUT2D eigenvalue weighted by Gasteiger charge is 2.00. The summed E-state index contributed by atoms with van der Waals surface area (Å²) in [6, 6.07) is 0. The third-order valence-electron chi connectivity index (χ3n) is 0.236. The van der Waals surface area contributed by atoms with E-state index in [0.717, 1.165) is 0 Å². The van der Waals surface area contributed by atoms with Crippen molar-refractivity contribution >= 4 is 0 Å². The lowest BCUT2D eigenvalue weighted by molar-refractivity contribution is -0.314. The summed E-state index contributed by atoms with van der Waals surface area (Å²) in [5, 5.41) is 7.22. The normalized spacial score (nSPS) is 14.5. The van der Waals surface area contributed by atoms with Crippen LogP contribution in [0.1, 0.15) is 0 Å². The number of rotatable bonds is 2. The highest BCUT2D eigenvalue weighted by molar-refractivity contribution is 4.25. The summed E-state index contributed by atoms with van der Waals surface area (Å²) in [6.07, 6.45) is -2.18. The summed E-state index contributed by atoms with van der Waals surface area (Å²) < 4.78 is 21.7. The van der Waals surface area contributed by atoms with Gasteiger partial charge in [-0.25, -0.2) is 14.0 Å². The summed E-state index contributed by atoms with van der Waals surface area (Å²) in [5.74, 6) is 0. The van der Waals surface area contributed by atoms with Crippen LogP contribution in [-0.4, -0.2) is 18.3 Å². The van der Waals surface area contributed by atoms with E-state index in [4.69, 9.17) is 5.26 Å². The molecule has 1 N–H and O–H groups in total. The molecule has 0 radical (unpaired) electrons. The van der Waals surface area contributed by atoms with E-state index in [2.05, 4.69) is 4.89 Å². The van der Waals surface area contributed by atoms with Gasteiger partial charge < -0.3 is 0 Å². The summed E-state index contributed by atoms with van der Waals surface area (Å²) in [5.41, 5.74) is 0. The average Bonchev–Trinajstić information content (AvgIpc) is 1.65. The molecular formula is C2H4F2O2. The van der Waals surface area contributed by atoms with Crippen LogP contribution in [0.2, 0.25) is 0 Å². The predicted molar refractivity (Wildman–Crippen MR) is 14.6 cm³/mol. The Morgan fingerprint density at radius 1 is 1.83 bits per heavy atom. The molecule has 0 aromatic heterocycles. The molecule has 4 heteroatoms. The lowest BCUT2D eigenvalue weighted by Gasteiger charge is -1.91. The van der Waals surface area contributed by atoms with Crippen molar-refractivity contribution in [1.82, 2.24) is 0 Å². The zero-order valence-electron chi connectivity index (χ0n) is 2.90. The third-order valence-corrected chi connectivity index (χ3v) is 0.236. The first-order chi connectivity index (χ1) is 2.81. The second kappa shape index (κ2) is 2.99. The molecule has 2 nitrogen and oxygen atoms in total. The lowest BCUT2D eigenvalue weighted by atomic mass is 10.8. The quantitative estimate of drug-likeness (QED) is 0.407. The molecule has 0 aromatic rings.